The number of H-pyrrole nitrogens is 1. The van der Waals surface area contributed by atoms with E-state index in [1.54, 1.807) is 0 Å². The van der Waals surface area contributed by atoms with E-state index in [1.165, 1.54) is 17.2 Å². The highest BCUT2D eigenvalue weighted by Gasteiger charge is 2.50. The van der Waals surface area contributed by atoms with E-state index < -0.39 is 71.1 Å². The lowest BCUT2D eigenvalue weighted by atomic mass is 10.1. The number of rotatable bonds is 9. The van der Waals surface area contributed by atoms with Crippen molar-refractivity contribution in [3.8, 4) is 0 Å². The number of nitrogens with one attached hydrogen (secondary N) is 1. The van der Waals surface area contributed by atoms with Crippen molar-refractivity contribution in [2.45, 2.75) is 49.5 Å². The zero-order valence-electron chi connectivity index (χ0n) is 22.2. The number of nitrogen functional groups attached to an aromatic ring is 2. The van der Waals surface area contributed by atoms with E-state index in [0.29, 0.717) is 17.0 Å². The number of aromatic amines is 1. The Morgan fingerprint density at radius 1 is 1.18 bits per heavy atom. The molecule has 6 heterocycles. The Balaban J connectivity index is 1.21. The summed E-state index contributed by atoms with van der Waals surface area (Å²) in [4.78, 5) is 54.4. The van der Waals surface area contributed by atoms with Crippen LogP contribution in [-0.2, 0) is 27.7 Å². The van der Waals surface area contributed by atoms with Crippen LogP contribution in [0.4, 0.5) is 16.2 Å². The minimum Gasteiger partial charge on any atom is -0.394 e. The van der Waals surface area contributed by atoms with Crippen molar-refractivity contribution in [1.29, 1.82) is 0 Å². The predicted octanol–water partition coefficient (Wildman–Crippen LogP) is -0.509. The molecule has 2 unspecified atom stereocenters. The molecule has 0 amide bonds. The van der Waals surface area contributed by atoms with Crippen LogP contribution in [0.1, 0.15) is 18.9 Å². The van der Waals surface area contributed by atoms with Crippen LogP contribution in [0.3, 0.4) is 0 Å². The number of halogens is 1. The van der Waals surface area contributed by atoms with Gasteiger partial charge in [-0.25, -0.2) is 24.3 Å². The van der Waals surface area contributed by atoms with Crippen LogP contribution in [0.5, 0.6) is 0 Å². The first kappa shape index (κ1) is 30.4. The predicted molar refractivity (Wildman–Crippen MR) is 147 cm³/mol. The van der Waals surface area contributed by atoms with Gasteiger partial charge >= 0.3 is 15.9 Å². The largest absolute Gasteiger partial charge is 0.394 e. The lowest BCUT2D eigenvalue weighted by Crippen LogP contribution is -2.33. The van der Waals surface area contributed by atoms with Gasteiger partial charge in [-0.15, -0.1) is 0 Å². The maximum atomic E-state index is 15.7. The molecule has 2 fully saturated rings. The highest BCUT2D eigenvalue weighted by molar-refractivity contribution is 7.56. The van der Waals surface area contributed by atoms with Crippen LogP contribution < -0.4 is 17.0 Å². The average Bonchev–Trinajstić information content (AvgIpc) is 3.73. The molecule has 0 radical (unpaired) electrons. The molecular formula is C21H25FN10O10P2. The lowest BCUT2D eigenvalue weighted by molar-refractivity contribution is -0.0439. The normalized spacial score (nSPS) is 29.6. The molecule has 0 aliphatic carbocycles. The molecule has 9 atom stereocenters. The van der Waals surface area contributed by atoms with Gasteiger partial charge in [0, 0.05) is 12.2 Å². The third-order valence-corrected chi connectivity index (χ3v) is 8.57. The van der Waals surface area contributed by atoms with Crippen molar-refractivity contribution in [3.63, 3.8) is 0 Å². The van der Waals surface area contributed by atoms with Crippen molar-refractivity contribution >= 4 is 49.9 Å². The van der Waals surface area contributed by atoms with Gasteiger partial charge in [0.2, 0.25) is 5.95 Å². The molecule has 4 aromatic rings. The SMILES string of the molecule is Nc1nc2c(ncn2[C@@H]2O[C@H](CO)[C@@H](OP(=O)(O)/C=C/[C@H]3O[C@@H](n4cnc5c(N)ncnc54)C[C@@H]3O[PH](=O)O)[C@H]2F)c(=O)[nH]1. The Bertz CT molecular complexity index is 1870. The number of nitrogens with two attached hydrogens (primary N) is 2. The van der Waals surface area contributed by atoms with Gasteiger partial charge < -0.3 is 40.4 Å². The Morgan fingerprint density at radius 2 is 1.93 bits per heavy atom. The third-order valence-electron chi connectivity index (χ3n) is 6.97. The molecular weight excluding hydrogens is 633 g/mol. The zero-order valence-corrected chi connectivity index (χ0v) is 24.0. The quantitative estimate of drug-likeness (QED) is 0.123. The smallest absolute Gasteiger partial charge is 0.351 e. The number of aliphatic hydroxyl groups excluding tert-OH is 1. The highest BCUT2D eigenvalue weighted by Crippen LogP contribution is 2.50. The van der Waals surface area contributed by atoms with Crippen LogP contribution in [0.15, 0.2) is 35.7 Å². The van der Waals surface area contributed by atoms with Gasteiger partial charge in [0.15, 0.2) is 35.0 Å². The first-order valence-corrected chi connectivity index (χ1v) is 15.7. The summed E-state index contributed by atoms with van der Waals surface area (Å²) in [6.45, 7) is -0.797. The molecule has 23 heteroatoms. The number of ether oxygens (including phenoxy) is 2. The molecule has 44 heavy (non-hydrogen) atoms. The van der Waals surface area contributed by atoms with Crippen molar-refractivity contribution in [1.82, 2.24) is 39.0 Å². The summed E-state index contributed by atoms with van der Waals surface area (Å²) >= 11 is 0. The van der Waals surface area contributed by atoms with Gasteiger partial charge in [-0.05, 0) is 6.08 Å². The van der Waals surface area contributed by atoms with E-state index >= 15 is 4.39 Å². The van der Waals surface area contributed by atoms with Crippen molar-refractivity contribution < 1.29 is 46.9 Å². The van der Waals surface area contributed by atoms with E-state index in [4.69, 9.17) is 30.0 Å². The van der Waals surface area contributed by atoms with E-state index in [-0.39, 0.29) is 29.4 Å². The monoisotopic (exact) mass is 658 g/mol. The minimum atomic E-state index is -4.79. The molecule has 2 aliphatic heterocycles. The van der Waals surface area contributed by atoms with Gasteiger partial charge in [-0.3, -0.25) is 32.6 Å². The number of alkyl halides is 1. The number of aliphatic hydroxyl groups is 1. The second kappa shape index (κ2) is 11.7. The summed E-state index contributed by atoms with van der Waals surface area (Å²) < 4.78 is 64.6. The average molecular weight is 658 g/mol. The number of nitrogens with zero attached hydrogens (tertiary/aromatic N) is 7. The van der Waals surface area contributed by atoms with E-state index in [0.717, 1.165) is 17.0 Å². The summed E-state index contributed by atoms with van der Waals surface area (Å²) in [5, 5.41) is 9.81. The molecule has 2 saturated heterocycles. The van der Waals surface area contributed by atoms with Crippen molar-refractivity contribution in [2.75, 3.05) is 18.1 Å². The second-order valence-corrected chi connectivity index (χ2v) is 12.1. The molecule has 236 valence electrons. The lowest BCUT2D eigenvalue weighted by Gasteiger charge is -2.20. The fraction of sp³-hybridized carbons (Fsp3) is 0.429. The Kier molecular flexibility index (Phi) is 8.07. The summed E-state index contributed by atoms with van der Waals surface area (Å²) in [5.74, 6) is 0.563. The van der Waals surface area contributed by atoms with Gasteiger partial charge in [-0.1, -0.05) is 0 Å². The second-order valence-electron chi connectivity index (χ2n) is 9.74. The highest BCUT2D eigenvalue weighted by atomic mass is 31.2. The number of hydrogen-bond acceptors (Lipinski definition) is 15. The molecule has 0 saturated carbocycles. The first-order valence-electron chi connectivity index (χ1n) is 12.8. The third kappa shape index (κ3) is 5.65. The topological polar surface area (TPSA) is 291 Å². The van der Waals surface area contributed by atoms with Crippen molar-refractivity contribution in [2.24, 2.45) is 0 Å². The number of hydrogen-bond donors (Lipinski definition) is 6. The molecule has 2 aliphatic rings. The molecule has 4 aromatic heterocycles. The maximum Gasteiger partial charge on any atom is 0.351 e. The fourth-order valence-corrected chi connectivity index (χ4v) is 6.60. The summed E-state index contributed by atoms with van der Waals surface area (Å²) in [5.41, 5.74) is 11.1. The van der Waals surface area contributed by atoms with E-state index in [2.05, 4.69) is 29.9 Å². The van der Waals surface area contributed by atoms with Crippen LogP contribution in [0.25, 0.3) is 22.3 Å². The number of fused-ring (bicyclic) bond motifs is 2. The summed E-state index contributed by atoms with van der Waals surface area (Å²) in [6.07, 6.45) is -5.15. The molecule has 0 bridgehead atoms. The number of aromatic nitrogens is 8. The van der Waals surface area contributed by atoms with Crippen LogP contribution in [0, 0.1) is 0 Å². The Morgan fingerprint density at radius 3 is 2.68 bits per heavy atom. The number of anilines is 2. The van der Waals surface area contributed by atoms with Crippen LogP contribution >= 0.6 is 15.9 Å². The van der Waals surface area contributed by atoms with Crippen molar-refractivity contribution in [3.05, 3.63) is 41.2 Å². The molecule has 0 aromatic carbocycles. The minimum absolute atomic E-state index is 0.00938. The van der Waals surface area contributed by atoms with Crippen LogP contribution in [0.2, 0.25) is 0 Å². The fourth-order valence-electron chi connectivity index (χ4n) is 5.05. The molecule has 6 rings (SSSR count). The molecule has 20 nitrogen and oxygen atoms in total. The van der Waals surface area contributed by atoms with Gasteiger partial charge in [-0.2, -0.15) is 4.98 Å². The Labute approximate surface area is 245 Å². The summed E-state index contributed by atoms with van der Waals surface area (Å²) in [7, 11) is -8.25. The zero-order chi connectivity index (χ0) is 31.3. The molecule has 8 N–H and O–H groups in total. The van der Waals surface area contributed by atoms with E-state index in [9.17, 15) is 28.8 Å². The number of imidazole rings is 2. The maximum absolute atomic E-state index is 15.7. The first-order chi connectivity index (χ1) is 21.0. The summed E-state index contributed by atoms with van der Waals surface area (Å²) in [6, 6.07) is 0. The standard InChI is InChI=1S/C21H25FN10O10P2/c22-12-15(10(4-33)40-20(12)32-7-28-14-18(32)29-21(24)30-19(14)34)42-44(37,38)2-1-8-9(41-43(35)36)3-11(39-8)31-6-27-13-16(23)25-5-26-17(13)31/h1-2,5-12,15,20,33,43H,3-4H2,(H,35,36)(H,37,38)(H2,23,25,26)(H3,24,29,30,34)/b2-1+/t8-,9+,10-,11-,12-,15-,20-/m1/s1. The van der Waals surface area contributed by atoms with Gasteiger partial charge in [0.1, 0.15) is 42.5 Å². The molecule has 0 spiro atoms. The van der Waals surface area contributed by atoms with Gasteiger partial charge in [0.05, 0.1) is 19.3 Å². The Hall–Kier alpha value is -3.65. The van der Waals surface area contributed by atoms with E-state index in [1.807, 2.05) is 0 Å². The van der Waals surface area contributed by atoms with Crippen LogP contribution in [-0.4, -0.2) is 91.1 Å². The van der Waals surface area contributed by atoms with Gasteiger partial charge in [0.25, 0.3) is 5.56 Å².